The maximum atomic E-state index is 12.7. The molecule has 0 fully saturated rings. The van der Waals surface area contributed by atoms with Crippen molar-refractivity contribution in [2.45, 2.75) is 4.90 Å². The van der Waals surface area contributed by atoms with E-state index in [-0.39, 0.29) is 16.4 Å². The van der Waals surface area contributed by atoms with Crippen LogP contribution >= 0.6 is 0 Å². The topological polar surface area (TPSA) is 93.5 Å². The Morgan fingerprint density at radius 3 is 2.68 bits per heavy atom. The molecule has 7 nitrogen and oxygen atoms in total. The van der Waals surface area contributed by atoms with Gasteiger partial charge in [-0.2, -0.15) is 0 Å². The summed E-state index contributed by atoms with van der Waals surface area (Å²) in [6.07, 6.45) is 1.70. The summed E-state index contributed by atoms with van der Waals surface area (Å²) >= 11 is 0. The summed E-state index contributed by atoms with van der Waals surface area (Å²) in [6, 6.07) is 18.6. The molecule has 0 atom stereocenters. The van der Waals surface area contributed by atoms with E-state index in [1.54, 1.807) is 24.5 Å². The van der Waals surface area contributed by atoms with E-state index in [1.165, 1.54) is 25.3 Å². The molecule has 0 spiro atoms. The maximum Gasteiger partial charge on any atom is 0.262 e. The molecule has 28 heavy (non-hydrogen) atoms. The summed E-state index contributed by atoms with van der Waals surface area (Å²) in [6.45, 7) is 0. The van der Waals surface area contributed by atoms with Gasteiger partial charge < -0.3 is 9.84 Å². The molecule has 4 aromatic rings. The number of sulfonamides is 1. The molecule has 0 saturated heterocycles. The average molecular weight is 395 g/mol. The van der Waals surface area contributed by atoms with Crippen LogP contribution in [0.5, 0.6) is 11.5 Å². The number of benzene rings is 3. The Kier molecular flexibility index (Phi) is 4.40. The van der Waals surface area contributed by atoms with E-state index in [0.29, 0.717) is 5.69 Å². The predicted octanol–water partition coefficient (Wildman–Crippen LogP) is 3.54. The van der Waals surface area contributed by atoms with Gasteiger partial charge in [-0.3, -0.25) is 9.29 Å². The molecule has 0 amide bonds. The molecule has 0 unspecified atom stereocenters. The van der Waals surface area contributed by atoms with E-state index in [0.717, 1.165) is 16.7 Å². The van der Waals surface area contributed by atoms with Gasteiger partial charge in [-0.1, -0.05) is 18.2 Å². The fraction of sp³-hybridized carbons (Fsp3) is 0.0500. The molecule has 4 rings (SSSR count). The van der Waals surface area contributed by atoms with Crippen molar-refractivity contribution in [3.05, 3.63) is 73.1 Å². The van der Waals surface area contributed by atoms with Crippen LogP contribution in [0, 0.1) is 0 Å². The van der Waals surface area contributed by atoms with Crippen LogP contribution in [-0.2, 0) is 10.0 Å². The number of nitrogens with one attached hydrogen (secondary N) is 1. The number of hydrogen-bond donors (Lipinski definition) is 2. The van der Waals surface area contributed by atoms with Crippen molar-refractivity contribution in [1.82, 2.24) is 9.55 Å². The molecule has 0 aliphatic heterocycles. The number of imidazole rings is 1. The summed E-state index contributed by atoms with van der Waals surface area (Å²) in [4.78, 5) is 4.35. The highest BCUT2D eigenvalue weighted by Crippen LogP contribution is 2.29. The number of hydrogen-bond acceptors (Lipinski definition) is 5. The lowest BCUT2D eigenvalue weighted by atomic mass is 10.2. The lowest BCUT2D eigenvalue weighted by Crippen LogP contribution is -2.13. The molecule has 1 heterocycles. The first-order valence-corrected chi connectivity index (χ1v) is 9.88. The van der Waals surface area contributed by atoms with Gasteiger partial charge in [0.2, 0.25) is 0 Å². The van der Waals surface area contributed by atoms with Crippen LogP contribution < -0.4 is 9.46 Å². The fourth-order valence-electron chi connectivity index (χ4n) is 2.92. The first-order chi connectivity index (χ1) is 13.5. The minimum atomic E-state index is -3.86. The van der Waals surface area contributed by atoms with E-state index in [1.807, 2.05) is 34.9 Å². The second-order valence-corrected chi connectivity index (χ2v) is 7.78. The van der Waals surface area contributed by atoms with Crippen molar-refractivity contribution in [2.24, 2.45) is 0 Å². The molecule has 142 valence electrons. The zero-order valence-corrected chi connectivity index (χ0v) is 15.7. The molecule has 0 saturated carbocycles. The van der Waals surface area contributed by atoms with Crippen molar-refractivity contribution in [3.8, 4) is 17.2 Å². The van der Waals surface area contributed by atoms with Gasteiger partial charge in [0.1, 0.15) is 6.33 Å². The molecular formula is C20H17N3O4S. The van der Waals surface area contributed by atoms with Crippen molar-refractivity contribution >= 4 is 26.7 Å². The minimum absolute atomic E-state index is 0.0133. The molecule has 1 aromatic heterocycles. The summed E-state index contributed by atoms with van der Waals surface area (Å²) in [5, 5.41) is 9.67. The van der Waals surface area contributed by atoms with E-state index in [9.17, 15) is 13.5 Å². The number of phenols is 1. The van der Waals surface area contributed by atoms with Crippen LogP contribution in [0.3, 0.4) is 0 Å². The zero-order chi connectivity index (χ0) is 19.7. The first kappa shape index (κ1) is 17.9. The Bertz CT molecular complexity index is 1270. The summed E-state index contributed by atoms with van der Waals surface area (Å²) in [5.74, 6) is -0.0445. The third-order valence-electron chi connectivity index (χ3n) is 4.29. The molecule has 0 bridgehead atoms. The van der Waals surface area contributed by atoms with Crippen LogP contribution in [0.25, 0.3) is 16.7 Å². The number of rotatable bonds is 5. The smallest absolute Gasteiger partial charge is 0.262 e. The third kappa shape index (κ3) is 3.25. The van der Waals surface area contributed by atoms with Gasteiger partial charge in [0, 0.05) is 11.8 Å². The van der Waals surface area contributed by atoms with Crippen molar-refractivity contribution < 1.29 is 18.3 Å². The zero-order valence-electron chi connectivity index (χ0n) is 14.9. The van der Waals surface area contributed by atoms with Gasteiger partial charge in [-0.25, -0.2) is 13.4 Å². The fourth-order valence-corrected chi connectivity index (χ4v) is 3.99. The van der Waals surface area contributed by atoms with Gasteiger partial charge in [-0.05, 0) is 42.5 Å². The van der Waals surface area contributed by atoms with Gasteiger partial charge in [0.25, 0.3) is 10.0 Å². The summed E-state index contributed by atoms with van der Waals surface area (Å²) < 4.78 is 34.9. The van der Waals surface area contributed by atoms with E-state index in [2.05, 4.69) is 9.71 Å². The maximum absolute atomic E-state index is 12.7. The second kappa shape index (κ2) is 6.90. The van der Waals surface area contributed by atoms with Crippen LogP contribution in [-0.4, -0.2) is 30.2 Å². The molecule has 2 N–H and O–H groups in total. The number of aromatic nitrogens is 2. The molecular weight excluding hydrogens is 378 g/mol. The van der Waals surface area contributed by atoms with Gasteiger partial charge in [0.15, 0.2) is 11.5 Å². The SMILES string of the molecule is COc1cc(S(=O)(=O)Nc2cccc(-n3cnc4ccccc43)c2)ccc1O. The Labute approximate surface area is 161 Å². The number of phenolic OH excluding ortho intramolecular Hbond substituents is 1. The average Bonchev–Trinajstić information content (AvgIpc) is 3.12. The standard InChI is InChI=1S/C20H17N3O4S/c1-27-20-12-16(9-10-19(20)24)28(25,26)22-14-5-4-6-15(11-14)23-13-21-17-7-2-3-8-18(17)23/h2-13,22,24H,1H3. The van der Waals surface area contributed by atoms with Crippen molar-refractivity contribution in [1.29, 1.82) is 0 Å². The van der Waals surface area contributed by atoms with E-state index >= 15 is 0 Å². The quantitative estimate of drug-likeness (QED) is 0.539. The summed E-state index contributed by atoms with van der Waals surface area (Å²) in [7, 11) is -2.50. The number of ether oxygens (including phenoxy) is 1. The Morgan fingerprint density at radius 2 is 1.86 bits per heavy atom. The van der Waals surface area contributed by atoms with Crippen molar-refractivity contribution in [2.75, 3.05) is 11.8 Å². The molecule has 0 aliphatic rings. The largest absolute Gasteiger partial charge is 0.504 e. The predicted molar refractivity (Wildman–Crippen MR) is 107 cm³/mol. The highest BCUT2D eigenvalue weighted by molar-refractivity contribution is 7.92. The lowest BCUT2D eigenvalue weighted by molar-refractivity contribution is 0.372. The monoisotopic (exact) mass is 395 g/mol. The normalized spacial score (nSPS) is 11.5. The molecule has 0 radical (unpaired) electrons. The van der Waals surface area contributed by atoms with Gasteiger partial charge in [-0.15, -0.1) is 0 Å². The molecule has 3 aromatic carbocycles. The summed E-state index contributed by atoms with van der Waals surface area (Å²) in [5.41, 5.74) is 2.95. The second-order valence-electron chi connectivity index (χ2n) is 6.09. The lowest BCUT2D eigenvalue weighted by Gasteiger charge is -2.12. The Hall–Kier alpha value is -3.52. The van der Waals surface area contributed by atoms with Gasteiger partial charge in [0.05, 0.1) is 28.7 Å². The Balaban J connectivity index is 1.68. The molecule has 0 aliphatic carbocycles. The number of aromatic hydroxyl groups is 1. The van der Waals surface area contributed by atoms with E-state index < -0.39 is 10.0 Å². The number of para-hydroxylation sites is 2. The van der Waals surface area contributed by atoms with Crippen molar-refractivity contribution in [3.63, 3.8) is 0 Å². The third-order valence-corrected chi connectivity index (χ3v) is 5.67. The van der Waals surface area contributed by atoms with E-state index in [4.69, 9.17) is 4.74 Å². The highest BCUT2D eigenvalue weighted by Gasteiger charge is 2.17. The van der Waals surface area contributed by atoms with Crippen LogP contribution in [0.15, 0.2) is 78.0 Å². The van der Waals surface area contributed by atoms with Crippen LogP contribution in [0.1, 0.15) is 0 Å². The Morgan fingerprint density at radius 1 is 1.04 bits per heavy atom. The highest BCUT2D eigenvalue weighted by atomic mass is 32.2. The number of methoxy groups -OCH3 is 1. The number of anilines is 1. The van der Waals surface area contributed by atoms with Crippen LogP contribution in [0.2, 0.25) is 0 Å². The number of fused-ring (bicyclic) bond motifs is 1. The molecule has 8 heteroatoms. The van der Waals surface area contributed by atoms with Crippen LogP contribution in [0.4, 0.5) is 5.69 Å². The number of nitrogens with zero attached hydrogens (tertiary/aromatic N) is 2. The van der Waals surface area contributed by atoms with Gasteiger partial charge >= 0.3 is 0 Å². The minimum Gasteiger partial charge on any atom is -0.504 e. The first-order valence-electron chi connectivity index (χ1n) is 8.40.